The quantitative estimate of drug-likeness (QED) is 0.657. The highest BCUT2D eigenvalue weighted by Gasteiger charge is 1.99. The van der Waals surface area contributed by atoms with E-state index < -0.39 is 17.8 Å². The molecule has 1 amide bonds. The van der Waals surface area contributed by atoms with Gasteiger partial charge in [-0.05, 0) is 25.0 Å². The standard InChI is InChI=1S/C6H6N2O.C6H10O4/c7-6(9)5-3-1-2-4-8-5;7-5(8)3-1-2-4-6(9)10/h1-4H,(H2,7,9);1-4H2,(H,7,8)(H,9,10). The van der Waals surface area contributed by atoms with Gasteiger partial charge in [-0.2, -0.15) is 0 Å². The first-order valence-electron chi connectivity index (χ1n) is 5.58. The van der Waals surface area contributed by atoms with Gasteiger partial charge in [-0.3, -0.25) is 19.4 Å². The number of aromatic nitrogens is 1. The third-order valence-electron chi connectivity index (χ3n) is 1.95. The molecule has 1 aromatic rings. The van der Waals surface area contributed by atoms with Gasteiger partial charge in [-0.25, -0.2) is 0 Å². The van der Waals surface area contributed by atoms with E-state index in [9.17, 15) is 14.4 Å². The highest BCUT2D eigenvalue weighted by molar-refractivity contribution is 5.90. The Kier molecular flexibility index (Phi) is 8.35. The van der Waals surface area contributed by atoms with Crippen LogP contribution in [0.15, 0.2) is 24.4 Å². The molecular formula is C12H16N2O5. The van der Waals surface area contributed by atoms with Gasteiger partial charge < -0.3 is 15.9 Å². The number of rotatable bonds is 6. The third-order valence-corrected chi connectivity index (χ3v) is 1.95. The lowest BCUT2D eigenvalue weighted by atomic mass is 10.2. The topological polar surface area (TPSA) is 131 Å². The number of amides is 1. The summed E-state index contributed by atoms with van der Waals surface area (Å²) in [5, 5.41) is 16.3. The van der Waals surface area contributed by atoms with Gasteiger partial charge in [0.25, 0.3) is 5.91 Å². The molecule has 0 aliphatic carbocycles. The van der Waals surface area contributed by atoms with Gasteiger partial charge in [-0.1, -0.05) is 6.07 Å². The number of carboxylic acids is 2. The number of nitrogens with zero attached hydrogens (tertiary/aromatic N) is 1. The molecule has 1 rings (SSSR count). The minimum atomic E-state index is -0.870. The molecule has 7 nitrogen and oxygen atoms in total. The molecule has 0 unspecified atom stereocenters. The lowest BCUT2D eigenvalue weighted by Gasteiger charge is -1.92. The van der Waals surface area contributed by atoms with E-state index in [0.717, 1.165) is 0 Å². The molecule has 1 aromatic heterocycles. The summed E-state index contributed by atoms with van der Waals surface area (Å²) >= 11 is 0. The van der Waals surface area contributed by atoms with Crippen molar-refractivity contribution in [3.63, 3.8) is 0 Å². The van der Waals surface area contributed by atoms with Crippen molar-refractivity contribution in [1.29, 1.82) is 0 Å². The molecule has 0 saturated carbocycles. The Labute approximate surface area is 110 Å². The number of pyridine rings is 1. The van der Waals surface area contributed by atoms with E-state index in [0.29, 0.717) is 18.5 Å². The Morgan fingerprint density at radius 2 is 1.58 bits per heavy atom. The van der Waals surface area contributed by atoms with Crippen LogP contribution in [0.25, 0.3) is 0 Å². The number of aliphatic carboxylic acids is 2. The zero-order valence-electron chi connectivity index (χ0n) is 10.3. The fourth-order valence-electron chi connectivity index (χ4n) is 1.06. The van der Waals surface area contributed by atoms with Crippen LogP contribution in [0.1, 0.15) is 36.2 Å². The zero-order chi connectivity index (χ0) is 14.7. The predicted octanol–water partition coefficient (Wildman–Crippen LogP) is 0.896. The fraction of sp³-hybridized carbons (Fsp3) is 0.333. The van der Waals surface area contributed by atoms with E-state index >= 15 is 0 Å². The van der Waals surface area contributed by atoms with Crippen LogP contribution in [0.4, 0.5) is 0 Å². The molecule has 0 aliphatic rings. The Morgan fingerprint density at radius 1 is 1.05 bits per heavy atom. The summed E-state index contributed by atoms with van der Waals surface area (Å²) in [6.45, 7) is 0. The summed E-state index contributed by atoms with van der Waals surface area (Å²) in [7, 11) is 0. The average molecular weight is 268 g/mol. The Bertz CT molecular complexity index is 403. The van der Waals surface area contributed by atoms with Gasteiger partial charge in [0.1, 0.15) is 5.69 Å². The van der Waals surface area contributed by atoms with Crippen molar-refractivity contribution < 1.29 is 24.6 Å². The van der Waals surface area contributed by atoms with Crippen molar-refractivity contribution in [2.45, 2.75) is 25.7 Å². The summed E-state index contributed by atoms with van der Waals surface area (Å²) in [6.07, 6.45) is 2.55. The average Bonchev–Trinajstić information content (AvgIpc) is 2.36. The van der Waals surface area contributed by atoms with Crippen molar-refractivity contribution in [1.82, 2.24) is 4.98 Å². The largest absolute Gasteiger partial charge is 0.481 e. The van der Waals surface area contributed by atoms with Crippen molar-refractivity contribution in [3.8, 4) is 0 Å². The van der Waals surface area contributed by atoms with Crippen LogP contribution in [-0.4, -0.2) is 33.0 Å². The van der Waals surface area contributed by atoms with Gasteiger partial charge in [0.05, 0.1) is 0 Å². The van der Waals surface area contributed by atoms with Crippen LogP contribution >= 0.6 is 0 Å². The van der Waals surface area contributed by atoms with Crippen LogP contribution in [0, 0.1) is 0 Å². The van der Waals surface area contributed by atoms with Crippen LogP contribution in [-0.2, 0) is 9.59 Å². The van der Waals surface area contributed by atoms with Crippen LogP contribution < -0.4 is 5.73 Å². The molecule has 4 N–H and O–H groups in total. The van der Waals surface area contributed by atoms with E-state index in [4.69, 9.17) is 15.9 Å². The molecule has 1 heterocycles. The first kappa shape index (κ1) is 16.6. The van der Waals surface area contributed by atoms with Crippen LogP contribution in [0.5, 0.6) is 0 Å². The van der Waals surface area contributed by atoms with E-state index in [1.807, 2.05) is 0 Å². The molecule has 0 spiro atoms. The molecule has 104 valence electrons. The lowest BCUT2D eigenvalue weighted by molar-refractivity contribution is -0.139. The maximum Gasteiger partial charge on any atom is 0.303 e. The Morgan fingerprint density at radius 3 is 1.84 bits per heavy atom. The van der Waals surface area contributed by atoms with Gasteiger partial charge in [0.15, 0.2) is 0 Å². The number of carbonyl (C=O) groups excluding carboxylic acids is 1. The second-order valence-electron chi connectivity index (χ2n) is 3.57. The van der Waals surface area contributed by atoms with Crippen molar-refractivity contribution in [3.05, 3.63) is 30.1 Å². The molecule has 0 bridgehead atoms. The summed E-state index contributed by atoms with van der Waals surface area (Å²) in [5.74, 6) is -2.23. The van der Waals surface area contributed by atoms with Gasteiger partial charge in [-0.15, -0.1) is 0 Å². The van der Waals surface area contributed by atoms with E-state index in [1.165, 1.54) is 6.20 Å². The molecule has 0 aliphatic heterocycles. The van der Waals surface area contributed by atoms with Gasteiger partial charge in [0, 0.05) is 19.0 Å². The van der Waals surface area contributed by atoms with Gasteiger partial charge in [0.2, 0.25) is 0 Å². The fourth-order valence-corrected chi connectivity index (χ4v) is 1.06. The normalized spacial score (nSPS) is 9.05. The van der Waals surface area contributed by atoms with Crippen LogP contribution in [0.3, 0.4) is 0 Å². The number of carbonyl (C=O) groups is 3. The van der Waals surface area contributed by atoms with E-state index in [-0.39, 0.29) is 12.8 Å². The minimum absolute atomic E-state index is 0.0628. The number of hydrogen-bond acceptors (Lipinski definition) is 4. The van der Waals surface area contributed by atoms with Crippen LogP contribution in [0.2, 0.25) is 0 Å². The number of nitrogens with two attached hydrogens (primary N) is 1. The molecular weight excluding hydrogens is 252 g/mol. The summed E-state index contributed by atoms with van der Waals surface area (Å²) < 4.78 is 0. The Balaban J connectivity index is 0.000000342. The highest BCUT2D eigenvalue weighted by Crippen LogP contribution is 1.98. The summed E-state index contributed by atoms with van der Waals surface area (Å²) in [6, 6.07) is 5.02. The van der Waals surface area contributed by atoms with Gasteiger partial charge >= 0.3 is 11.9 Å². The number of carboxylic acid groups (broad SMARTS) is 2. The maximum absolute atomic E-state index is 10.4. The molecule has 7 heteroatoms. The number of primary amides is 1. The first-order chi connectivity index (χ1) is 8.93. The van der Waals surface area contributed by atoms with Crippen molar-refractivity contribution >= 4 is 17.8 Å². The van der Waals surface area contributed by atoms with E-state index in [2.05, 4.69) is 4.98 Å². The first-order valence-corrected chi connectivity index (χ1v) is 5.58. The van der Waals surface area contributed by atoms with Crippen molar-refractivity contribution in [2.24, 2.45) is 5.73 Å². The zero-order valence-corrected chi connectivity index (χ0v) is 10.3. The van der Waals surface area contributed by atoms with E-state index in [1.54, 1.807) is 18.2 Å². The minimum Gasteiger partial charge on any atom is -0.481 e. The maximum atomic E-state index is 10.4. The smallest absolute Gasteiger partial charge is 0.303 e. The molecule has 19 heavy (non-hydrogen) atoms. The monoisotopic (exact) mass is 268 g/mol. The summed E-state index contributed by atoms with van der Waals surface area (Å²) in [5.41, 5.74) is 5.22. The molecule has 0 aromatic carbocycles. The Hall–Kier alpha value is -2.44. The number of hydrogen-bond donors (Lipinski definition) is 3. The second kappa shape index (κ2) is 9.58. The molecule has 0 radical (unpaired) electrons. The second-order valence-corrected chi connectivity index (χ2v) is 3.57. The predicted molar refractivity (Wildman–Crippen MR) is 66.5 cm³/mol. The van der Waals surface area contributed by atoms with Crippen molar-refractivity contribution in [2.75, 3.05) is 0 Å². The highest BCUT2D eigenvalue weighted by atomic mass is 16.4. The molecule has 0 saturated heterocycles. The summed E-state index contributed by atoms with van der Waals surface area (Å²) in [4.78, 5) is 33.9. The molecule has 0 fully saturated rings. The molecule has 0 atom stereocenters. The third kappa shape index (κ3) is 10.4. The lowest BCUT2D eigenvalue weighted by Crippen LogP contribution is -2.12. The number of unbranched alkanes of at least 4 members (excludes halogenated alkanes) is 1. The SMILES string of the molecule is NC(=O)c1ccccn1.O=C(O)CCCCC(=O)O.